The summed E-state index contributed by atoms with van der Waals surface area (Å²) in [7, 11) is 4.55. The molecule has 1 N–H and O–H groups in total. The SMILES string of the molecule is COc1cc(C(=O)NC/C=C\c2ccccc2)cc(OC)c1OC. The van der Waals surface area contributed by atoms with Crippen LogP contribution in [0, 0.1) is 0 Å². The number of methoxy groups -OCH3 is 3. The van der Waals surface area contributed by atoms with Gasteiger partial charge >= 0.3 is 0 Å². The number of carbonyl (C=O) groups excluding carboxylic acids is 1. The lowest BCUT2D eigenvalue weighted by Crippen LogP contribution is -2.23. The highest BCUT2D eigenvalue weighted by atomic mass is 16.5. The van der Waals surface area contributed by atoms with Crippen LogP contribution in [0.15, 0.2) is 48.5 Å². The fraction of sp³-hybridized carbons (Fsp3) is 0.211. The van der Waals surface area contributed by atoms with Gasteiger partial charge in [0.2, 0.25) is 5.75 Å². The molecule has 5 heteroatoms. The summed E-state index contributed by atoms with van der Waals surface area (Å²) in [6, 6.07) is 13.1. The van der Waals surface area contributed by atoms with Gasteiger partial charge in [0.25, 0.3) is 5.91 Å². The van der Waals surface area contributed by atoms with Crippen LogP contribution in [0.4, 0.5) is 0 Å². The summed E-state index contributed by atoms with van der Waals surface area (Å²) in [6.45, 7) is 0.421. The maximum absolute atomic E-state index is 12.3. The molecule has 24 heavy (non-hydrogen) atoms. The predicted octanol–water partition coefficient (Wildman–Crippen LogP) is 3.16. The van der Waals surface area contributed by atoms with E-state index in [1.165, 1.54) is 21.3 Å². The lowest BCUT2D eigenvalue weighted by Gasteiger charge is -2.13. The van der Waals surface area contributed by atoms with E-state index < -0.39 is 0 Å². The van der Waals surface area contributed by atoms with Gasteiger partial charge in [-0.05, 0) is 17.7 Å². The molecule has 0 aromatic heterocycles. The Kier molecular flexibility index (Phi) is 6.25. The molecule has 0 saturated carbocycles. The monoisotopic (exact) mass is 327 g/mol. The number of amides is 1. The molecule has 0 aliphatic heterocycles. The van der Waals surface area contributed by atoms with Gasteiger partial charge < -0.3 is 19.5 Å². The molecule has 126 valence electrons. The molecule has 0 atom stereocenters. The van der Waals surface area contributed by atoms with E-state index in [2.05, 4.69) is 5.32 Å². The first kappa shape index (κ1) is 17.4. The highest BCUT2D eigenvalue weighted by molar-refractivity contribution is 5.95. The molecular formula is C19H21NO4. The van der Waals surface area contributed by atoms with Gasteiger partial charge in [-0.25, -0.2) is 0 Å². The molecule has 0 unspecified atom stereocenters. The fourth-order valence-electron chi connectivity index (χ4n) is 2.23. The molecule has 5 nitrogen and oxygen atoms in total. The van der Waals surface area contributed by atoms with Gasteiger partial charge in [-0.15, -0.1) is 0 Å². The maximum Gasteiger partial charge on any atom is 0.251 e. The van der Waals surface area contributed by atoms with E-state index in [-0.39, 0.29) is 5.91 Å². The van der Waals surface area contributed by atoms with E-state index in [1.54, 1.807) is 12.1 Å². The number of carbonyl (C=O) groups is 1. The number of benzene rings is 2. The number of nitrogens with one attached hydrogen (secondary N) is 1. The van der Waals surface area contributed by atoms with Crippen LogP contribution in [0.1, 0.15) is 15.9 Å². The third-order valence-corrected chi connectivity index (χ3v) is 3.42. The topological polar surface area (TPSA) is 56.8 Å². The zero-order valence-corrected chi connectivity index (χ0v) is 14.0. The van der Waals surface area contributed by atoms with Crippen molar-refractivity contribution in [1.29, 1.82) is 0 Å². The Morgan fingerprint density at radius 2 is 1.62 bits per heavy atom. The normalized spacial score (nSPS) is 10.5. The molecule has 0 radical (unpaired) electrons. The van der Waals surface area contributed by atoms with E-state index >= 15 is 0 Å². The molecule has 0 saturated heterocycles. The summed E-state index contributed by atoms with van der Waals surface area (Å²) in [6.07, 6.45) is 3.85. The largest absolute Gasteiger partial charge is 0.493 e. The molecule has 0 aliphatic rings. The average molecular weight is 327 g/mol. The van der Waals surface area contributed by atoms with E-state index in [1.807, 2.05) is 42.5 Å². The van der Waals surface area contributed by atoms with E-state index in [9.17, 15) is 4.79 Å². The van der Waals surface area contributed by atoms with Crippen LogP contribution in [0.2, 0.25) is 0 Å². The minimum Gasteiger partial charge on any atom is -0.493 e. The summed E-state index contributed by atoms with van der Waals surface area (Å²) >= 11 is 0. The molecule has 0 fully saturated rings. The summed E-state index contributed by atoms with van der Waals surface area (Å²) in [5, 5.41) is 2.83. The van der Waals surface area contributed by atoms with Crippen LogP contribution < -0.4 is 19.5 Å². The summed E-state index contributed by atoms with van der Waals surface area (Å²) in [5.41, 5.74) is 1.53. The second-order valence-electron chi connectivity index (χ2n) is 4.94. The third-order valence-electron chi connectivity index (χ3n) is 3.42. The van der Waals surface area contributed by atoms with Crippen LogP contribution in [0.3, 0.4) is 0 Å². The molecule has 1 amide bonds. The molecular weight excluding hydrogens is 306 g/mol. The van der Waals surface area contributed by atoms with Gasteiger partial charge in [-0.3, -0.25) is 4.79 Å². The Balaban J connectivity index is 2.05. The van der Waals surface area contributed by atoms with Crippen molar-refractivity contribution in [3.8, 4) is 17.2 Å². The van der Waals surface area contributed by atoms with Crippen LogP contribution >= 0.6 is 0 Å². The zero-order chi connectivity index (χ0) is 17.4. The number of rotatable bonds is 7. The van der Waals surface area contributed by atoms with E-state index in [0.29, 0.717) is 29.4 Å². The van der Waals surface area contributed by atoms with E-state index in [4.69, 9.17) is 14.2 Å². The van der Waals surface area contributed by atoms with Gasteiger partial charge in [-0.1, -0.05) is 42.5 Å². The van der Waals surface area contributed by atoms with Gasteiger partial charge in [0, 0.05) is 12.1 Å². The van der Waals surface area contributed by atoms with Crippen LogP contribution in [0.5, 0.6) is 17.2 Å². The molecule has 0 bridgehead atoms. The summed E-state index contributed by atoms with van der Waals surface area (Å²) in [4.78, 5) is 12.3. The quantitative estimate of drug-likeness (QED) is 0.849. The van der Waals surface area contributed by atoms with Crippen molar-refractivity contribution in [3.63, 3.8) is 0 Å². The van der Waals surface area contributed by atoms with Crippen LogP contribution in [-0.2, 0) is 0 Å². The molecule has 2 rings (SSSR count). The zero-order valence-electron chi connectivity index (χ0n) is 14.0. The minimum atomic E-state index is -0.216. The number of hydrogen-bond donors (Lipinski definition) is 1. The van der Waals surface area contributed by atoms with Gasteiger partial charge in [0.15, 0.2) is 11.5 Å². The molecule has 2 aromatic carbocycles. The number of hydrogen-bond acceptors (Lipinski definition) is 4. The second kappa shape index (κ2) is 8.62. The Hall–Kier alpha value is -2.95. The molecule has 0 aliphatic carbocycles. The summed E-state index contributed by atoms with van der Waals surface area (Å²) in [5.74, 6) is 1.14. The molecule has 0 spiro atoms. The van der Waals surface area contributed by atoms with Crippen molar-refractivity contribution < 1.29 is 19.0 Å². The van der Waals surface area contributed by atoms with Crippen LogP contribution in [-0.4, -0.2) is 33.8 Å². The first-order chi connectivity index (χ1) is 11.7. The lowest BCUT2D eigenvalue weighted by molar-refractivity contribution is 0.0957. The third kappa shape index (κ3) is 4.29. The van der Waals surface area contributed by atoms with E-state index in [0.717, 1.165) is 5.56 Å². The van der Waals surface area contributed by atoms with Gasteiger partial charge in [0.1, 0.15) is 0 Å². The highest BCUT2D eigenvalue weighted by Crippen LogP contribution is 2.38. The fourth-order valence-corrected chi connectivity index (χ4v) is 2.23. The van der Waals surface area contributed by atoms with Crippen molar-refractivity contribution in [3.05, 3.63) is 59.7 Å². The Morgan fingerprint density at radius 3 is 2.17 bits per heavy atom. The molecule has 0 heterocycles. The van der Waals surface area contributed by atoms with Gasteiger partial charge in [-0.2, -0.15) is 0 Å². The highest BCUT2D eigenvalue weighted by Gasteiger charge is 2.16. The average Bonchev–Trinajstić information content (AvgIpc) is 2.64. The smallest absolute Gasteiger partial charge is 0.251 e. The minimum absolute atomic E-state index is 0.216. The predicted molar refractivity (Wildman–Crippen MR) is 93.9 cm³/mol. The first-order valence-corrected chi connectivity index (χ1v) is 7.49. The Morgan fingerprint density at radius 1 is 1.00 bits per heavy atom. The van der Waals surface area contributed by atoms with Crippen molar-refractivity contribution in [1.82, 2.24) is 5.32 Å². The van der Waals surface area contributed by atoms with Crippen molar-refractivity contribution in [2.45, 2.75) is 0 Å². The second-order valence-corrected chi connectivity index (χ2v) is 4.94. The van der Waals surface area contributed by atoms with Crippen molar-refractivity contribution in [2.75, 3.05) is 27.9 Å². The Bertz CT molecular complexity index is 686. The Labute approximate surface area is 141 Å². The number of ether oxygens (including phenoxy) is 3. The standard InChI is InChI=1S/C19H21NO4/c1-22-16-12-15(13-17(23-2)18(16)24-3)19(21)20-11-7-10-14-8-5-4-6-9-14/h4-10,12-13H,11H2,1-3H3,(H,20,21)/b10-7-. The molecule has 2 aromatic rings. The van der Waals surface area contributed by atoms with Crippen LogP contribution in [0.25, 0.3) is 6.08 Å². The summed E-state index contributed by atoms with van der Waals surface area (Å²) < 4.78 is 15.8. The first-order valence-electron chi connectivity index (χ1n) is 7.49. The van der Waals surface area contributed by atoms with Crippen molar-refractivity contribution in [2.24, 2.45) is 0 Å². The lowest BCUT2D eigenvalue weighted by atomic mass is 10.1. The maximum atomic E-state index is 12.3. The van der Waals surface area contributed by atoms with Crippen molar-refractivity contribution >= 4 is 12.0 Å². The van der Waals surface area contributed by atoms with Gasteiger partial charge in [0.05, 0.1) is 21.3 Å².